The molecule has 76 valence electrons. The van der Waals surface area contributed by atoms with Gasteiger partial charge in [0.15, 0.2) is 11.5 Å². The Kier molecular flexibility index (Phi) is 3.25. The first kappa shape index (κ1) is 11.2. The zero-order chi connectivity index (χ0) is 10.9. The average Bonchev–Trinajstić information content (AvgIpc) is 2.19. The summed E-state index contributed by atoms with van der Waals surface area (Å²) in [6.07, 6.45) is 0. The second-order valence-corrected chi connectivity index (χ2v) is 3.66. The van der Waals surface area contributed by atoms with Gasteiger partial charge in [0.05, 0.1) is 22.1 Å². The number of nitrogen functional groups attached to an aromatic ring is 1. The largest absolute Gasteiger partial charge is 0.464 e. The molecule has 1 aromatic heterocycles. The number of carbonyl (C=O) groups is 1. The third kappa shape index (κ3) is 1.79. The second-order valence-electron chi connectivity index (χ2n) is 2.58. The molecule has 0 spiro atoms. The third-order valence-corrected chi connectivity index (χ3v) is 2.75. The number of nitrogens with zero attached hydrogens (tertiary/aromatic N) is 1. The van der Waals surface area contributed by atoms with Crippen LogP contribution in [0.4, 0.5) is 10.1 Å². The number of halogens is 2. The summed E-state index contributed by atoms with van der Waals surface area (Å²) in [4.78, 5) is 14.9. The molecule has 0 unspecified atom stereocenters. The normalized spacial score (nSPS) is 10.0. The number of aryl methyl sites for hydroxylation is 1. The summed E-state index contributed by atoms with van der Waals surface area (Å²) in [6, 6.07) is 0. The van der Waals surface area contributed by atoms with E-state index in [1.807, 2.05) is 0 Å². The number of methoxy groups -OCH3 is 1. The Labute approximate surface area is 93.8 Å². The molecule has 0 bridgehead atoms. The molecule has 0 atom stereocenters. The monoisotopic (exact) mass is 310 g/mol. The van der Waals surface area contributed by atoms with Gasteiger partial charge in [-0.15, -0.1) is 0 Å². The molecule has 0 radical (unpaired) electrons. The number of ether oxygens (including phenoxy) is 1. The van der Waals surface area contributed by atoms with Crippen molar-refractivity contribution in [3.63, 3.8) is 0 Å². The highest BCUT2D eigenvalue weighted by molar-refractivity contribution is 14.1. The minimum Gasteiger partial charge on any atom is -0.464 e. The Morgan fingerprint density at radius 2 is 2.21 bits per heavy atom. The van der Waals surface area contributed by atoms with Crippen molar-refractivity contribution in [2.75, 3.05) is 12.8 Å². The van der Waals surface area contributed by atoms with E-state index in [-0.39, 0.29) is 20.6 Å². The molecule has 0 aliphatic carbocycles. The lowest BCUT2D eigenvalue weighted by atomic mass is 10.2. The van der Waals surface area contributed by atoms with E-state index in [2.05, 4.69) is 9.72 Å². The Bertz CT molecular complexity index is 395. The molecule has 14 heavy (non-hydrogen) atoms. The number of rotatable bonds is 1. The molecular formula is C8H8FIN2O2. The van der Waals surface area contributed by atoms with Gasteiger partial charge in [0.2, 0.25) is 0 Å². The Morgan fingerprint density at radius 1 is 1.64 bits per heavy atom. The van der Waals surface area contributed by atoms with Crippen molar-refractivity contribution >= 4 is 34.2 Å². The Morgan fingerprint density at radius 3 is 2.71 bits per heavy atom. The van der Waals surface area contributed by atoms with Crippen molar-refractivity contribution in [2.24, 2.45) is 0 Å². The van der Waals surface area contributed by atoms with Crippen LogP contribution in [0, 0.1) is 16.3 Å². The first-order valence-electron chi connectivity index (χ1n) is 3.68. The number of hydrogen-bond acceptors (Lipinski definition) is 4. The molecule has 6 heteroatoms. The van der Waals surface area contributed by atoms with Crippen LogP contribution in [0.5, 0.6) is 0 Å². The topological polar surface area (TPSA) is 65.2 Å². The quantitative estimate of drug-likeness (QED) is 0.631. The van der Waals surface area contributed by atoms with Crippen molar-refractivity contribution in [3.8, 4) is 0 Å². The van der Waals surface area contributed by atoms with Gasteiger partial charge in [0.25, 0.3) is 0 Å². The zero-order valence-corrected chi connectivity index (χ0v) is 9.75. The van der Waals surface area contributed by atoms with Crippen LogP contribution in [0.2, 0.25) is 0 Å². The van der Waals surface area contributed by atoms with Crippen LogP contribution in [0.1, 0.15) is 16.2 Å². The highest BCUT2D eigenvalue weighted by Gasteiger charge is 2.19. The smallest absolute Gasteiger partial charge is 0.357 e. The van der Waals surface area contributed by atoms with Gasteiger partial charge in [-0.3, -0.25) is 0 Å². The lowest BCUT2D eigenvalue weighted by Crippen LogP contribution is -2.12. The molecular weight excluding hydrogens is 302 g/mol. The summed E-state index contributed by atoms with van der Waals surface area (Å²) in [7, 11) is 1.23. The van der Waals surface area contributed by atoms with Gasteiger partial charge < -0.3 is 10.5 Å². The lowest BCUT2D eigenvalue weighted by molar-refractivity contribution is 0.0592. The molecule has 0 aromatic carbocycles. The molecule has 2 N–H and O–H groups in total. The summed E-state index contributed by atoms with van der Waals surface area (Å²) in [6.45, 7) is 1.44. The van der Waals surface area contributed by atoms with E-state index in [1.54, 1.807) is 22.6 Å². The van der Waals surface area contributed by atoms with E-state index >= 15 is 0 Å². The molecule has 0 fully saturated rings. The number of carbonyl (C=O) groups excluding carboxylic acids is 1. The maximum Gasteiger partial charge on any atom is 0.357 e. The highest BCUT2D eigenvalue weighted by Crippen LogP contribution is 2.23. The summed E-state index contributed by atoms with van der Waals surface area (Å²) >= 11 is 1.76. The standard InChI is InChI=1S/C8H8FIN2O2/c1-3-4(9)6(11)5(10)7(12-3)8(13)14-2/h1-2H3,(H2,11,12). The second kappa shape index (κ2) is 4.07. The van der Waals surface area contributed by atoms with Crippen molar-refractivity contribution in [1.29, 1.82) is 0 Å². The van der Waals surface area contributed by atoms with E-state index in [0.29, 0.717) is 0 Å². The zero-order valence-electron chi connectivity index (χ0n) is 7.60. The third-order valence-electron chi connectivity index (χ3n) is 1.66. The summed E-state index contributed by atoms with van der Waals surface area (Å²) in [5.74, 6) is -1.22. The fraction of sp³-hybridized carbons (Fsp3) is 0.250. The molecule has 1 rings (SSSR count). The molecule has 0 saturated carbocycles. The highest BCUT2D eigenvalue weighted by atomic mass is 127. The van der Waals surface area contributed by atoms with Crippen molar-refractivity contribution in [2.45, 2.75) is 6.92 Å². The van der Waals surface area contributed by atoms with E-state index in [4.69, 9.17) is 5.73 Å². The van der Waals surface area contributed by atoms with E-state index in [0.717, 1.165) is 0 Å². The SMILES string of the molecule is COC(=O)c1nc(C)c(F)c(N)c1I. The van der Waals surface area contributed by atoms with Gasteiger partial charge in [-0.1, -0.05) is 0 Å². The molecule has 0 amide bonds. The van der Waals surface area contributed by atoms with Gasteiger partial charge in [0.1, 0.15) is 0 Å². The van der Waals surface area contributed by atoms with Crippen LogP contribution in [0.3, 0.4) is 0 Å². The first-order valence-corrected chi connectivity index (χ1v) is 4.76. The average molecular weight is 310 g/mol. The van der Waals surface area contributed by atoms with Crippen LogP contribution in [0.15, 0.2) is 0 Å². The number of pyridine rings is 1. The molecule has 0 saturated heterocycles. The van der Waals surface area contributed by atoms with Gasteiger partial charge in [-0.2, -0.15) is 0 Å². The van der Waals surface area contributed by atoms with E-state index in [9.17, 15) is 9.18 Å². The van der Waals surface area contributed by atoms with Crippen LogP contribution < -0.4 is 5.73 Å². The molecule has 4 nitrogen and oxygen atoms in total. The minimum absolute atomic E-state index is 0.0458. The summed E-state index contributed by atoms with van der Waals surface area (Å²) < 4.78 is 18.0. The van der Waals surface area contributed by atoms with Crippen LogP contribution in [-0.2, 0) is 4.74 Å². The van der Waals surface area contributed by atoms with Gasteiger partial charge in [-0.05, 0) is 29.5 Å². The van der Waals surface area contributed by atoms with Crippen LogP contribution in [0.25, 0.3) is 0 Å². The first-order chi connectivity index (χ1) is 6.49. The molecule has 0 aliphatic rings. The molecule has 1 aromatic rings. The minimum atomic E-state index is -0.621. The van der Waals surface area contributed by atoms with Crippen molar-refractivity contribution in [1.82, 2.24) is 4.98 Å². The van der Waals surface area contributed by atoms with Gasteiger partial charge in [-0.25, -0.2) is 14.2 Å². The fourth-order valence-electron chi connectivity index (χ4n) is 0.917. The van der Waals surface area contributed by atoms with Crippen molar-refractivity contribution < 1.29 is 13.9 Å². The number of anilines is 1. The van der Waals surface area contributed by atoms with E-state index in [1.165, 1.54) is 14.0 Å². The van der Waals surface area contributed by atoms with Crippen molar-refractivity contribution in [3.05, 3.63) is 20.8 Å². The maximum atomic E-state index is 13.2. The van der Waals surface area contributed by atoms with Gasteiger partial charge >= 0.3 is 5.97 Å². The van der Waals surface area contributed by atoms with Gasteiger partial charge in [0, 0.05) is 0 Å². The Balaban J connectivity index is 3.40. The number of nitrogens with two attached hydrogens (primary N) is 1. The predicted octanol–water partition coefficient (Wildman–Crippen LogP) is 1.50. The Hall–Kier alpha value is -0.920. The number of esters is 1. The molecule has 1 heterocycles. The fourth-order valence-corrected chi connectivity index (χ4v) is 1.49. The molecule has 0 aliphatic heterocycles. The maximum absolute atomic E-state index is 13.2. The number of hydrogen-bond donors (Lipinski definition) is 1. The summed E-state index contributed by atoms with van der Waals surface area (Å²) in [5, 5.41) is 0. The number of aromatic nitrogens is 1. The van der Waals surface area contributed by atoms with Crippen LogP contribution in [-0.4, -0.2) is 18.1 Å². The van der Waals surface area contributed by atoms with E-state index < -0.39 is 11.8 Å². The summed E-state index contributed by atoms with van der Waals surface area (Å²) in [5.41, 5.74) is 5.51. The van der Waals surface area contributed by atoms with Crippen LogP contribution >= 0.6 is 22.6 Å². The predicted molar refractivity (Wildman–Crippen MR) is 57.4 cm³/mol. The lowest BCUT2D eigenvalue weighted by Gasteiger charge is -2.07.